The van der Waals surface area contributed by atoms with Gasteiger partial charge in [0.25, 0.3) is 0 Å². The number of carbonyl (C=O) groups is 1. The fraction of sp³-hybridized carbons (Fsp3) is 0.438. The van der Waals surface area contributed by atoms with Gasteiger partial charge >= 0.3 is 0 Å². The van der Waals surface area contributed by atoms with Crippen LogP contribution < -0.4 is 0 Å². The molecule has 3 rings (SSSR count). The summed E-state index contributed by atoms with van der Waals surface area (Å²) in [5.74, 6) is -0.252. The minimum atomic E-state index is -3.56. The van der Waals surface area contributed by atoms with Gasteiger partial charge in [0.15, 0.2) is 0 Å². The standard InChI is InChI=1S/C16H20N4O3S/c1-3-14(12-7-5-4-6-8-12)15(21)20-9-13(10-20)24(22,23)16-18-17-11-19(16)2/h4-8,11,13-14H,3,9-10H2,1-2H3/t14-/m0/s1. The normalized spacial score (nSPS) is 16.7. The van der Waals surface area contributed by atoms with Crippen LogP contribution in [0.3, 0.4) is 0 Å². The minimum absolute atomic E-state index is 0.0203. The molecule has 0 N–H and O–H groups in total. The highest BCUT2D eigenvalue weighted by molar-refractivity contribution is 7.92. The van der Waals surface area contributed by atoms with Gasteiger partial charge in [-0.1, -0.05) is 37.3 Å². The van der Waals surface area contributed by atoms with E-state index >= 15 is 0 Å². The summed E-state index contributed by atoms with van der Waals surface area (Å²) in [5.41, 5.74) is 0.963. The van der Waals surface area contributed by atoms with Crippen LogP contribution in [0.1, 0.15) is 24.8 Å². The lowest BCUT2D eigenvalue weighted by atomic mass is 9.94. The summed E-state index contributed by atoms with van der Waals surface area (Å²) in [6, 6.07) is 9.58. The van der Waals surface area contributed by atoms with Crippen molar-refractivity contribution in [1.29, 1.82) is 0 Å². The number of aromatic nitrogens is 3. The molecule has 1 atom stereocenters. The van der Waals surface area contributed by atoms with E-state index in [2.05, 4.69) is 10.2 Å². The number of carbonyl (C=O) groups excluding carboxylic acids is 1. The lowest BCUT2D eigenvalue weighted by molar-refractivity contribution is -0.136. The third kappa shape index (κ3) is 2.82. The van der Waals surface area contributed by atoms with Crippen LogP contribution in [0.5, 0.6) is 0 Å². The van der Waals surface area contributed by atoms with Crippen LogP contribution in [0.2, 0.25) is 0 Å². The molecule has 0 unspecified atom stereocenters. The van der Waals surface area contributed by atoms with E-state index in [4.69, 9.17) is 0 Å². The molecule has 1 fully saturated rings. The quantitative estimate of drug-likeness (QED) is 0.804. The predicted octanol–water partition coefficient (Wildman–Crippen LogP) is 0.993. The average molecular weight is 348 g/mol. The molecule has 128 valence electrons. The first-order valence-electron chi connectivity index (χ1n) is 7.86. The Kier molecular flexibility index (Phi) is 4.40. The number of rotatable bonds is 5. The fourth-order valence-electron chi connectivity index (χ4n) is 2.95. The first kappa shape index (κ1) is 16.6. The molecule has 8 heteroatoms. The van der Waals surface area contributed by atoms with Crippen molar-refractivity contribution in [3.63, 3.8) is 0 Å². The monoisotopic (exact) mass is 348 g/mol. The van der Waals surface area contributed by atoms with Crippen molar-refractivity contribution in [3.05, 3.63) is 42.2 Å². The highest BCUT2D eigenvalue weighted by atomic mass is 32.2. The second-order valence-corrected chi connectivity index (χ2v) is 8.13. The summed E-state index contributed by atoms with van der Waals surface area (Å²) in [4.78, 5) is 14.3. The molecule has 1 aliphatic heterocycles. The Morgan fingerprint density at radius 2 is 1.96 bits per heavy atom. The second kappa shape index (κ2) is 6.35. The number of hydrogen-bond donors (Lipinski definition) is 0. The van der Waals surface area contributed by atoms with E-state index in [1.54, 1.807) is 11.9 Å². The number of hydrogen-bond acceptors (Lipinski definition) is 5. The van der Waals surface area contributed by atoms with Gasteiger partial charge in [0.05, 0.1) is 5.92 Å². The van der Waals surface area contributed by atoms with Crippen molar-refractivity contribution in [2.75, 3.05) is 13.1 Å². The Morgan fingerprint density at radius 1 is 1.29 bits per heavy atom. The third-order valence-electron chi connectivity index (χ3n) is 4.43. The summed E-state index contributed by atoms with van der Waals surface area (Å²) in [7, 11) is -1.96. The number of nitrogens with zero attached hydrogens (tertiary/aromatic N) is 4. The SMILES string of the molecule is CC[C@H](C(=O)N1CC(S(=O)(=O)c2nncn2C)C1)c1ccccc1. The van der Waals surface area contributed by atoms with Gasteiger partial charge in [-0.3, -0.25) is 4.79 Å². The topological polar surface area (TPSA) is 85.2 Å². The molecule has 0 spiro atoms. The zero-order valence-electron chi connectivity index (χ0n) is 13.7. The third-order valence-corrected chi connectivity index (χ3v) is 6.49. The molecular weight excluding hydrogens is 328 g/mol. The van der Waals surface area contributed by atoms with Crippen LogP contribution in [0.25, 0.3) is 0 Å². The van der Waals surface area contributed by atoms with Crippen LogP contribution in [-0.4, -0.2) is 52.3 Å². The Balaban J connectivity index is 1.70. The zero-order chi connectivity index (χ0) is 17.3. The van der Waals surface area contributed by atoms with Gasteiger partial charge in [-0.25, -0.2) is 8.42 Å². The lowest BCUT2D eigenvalue weighted by Crippen LogP contribution is -2.58. The van der Waals surface area contributed by atoms with Crippen LogP contribution in [-0.2, 0) is 21.7 Å². The summed E-state index contributed by atoms with van der Waals surface area (Å²) in [6.07, 6.45) is 2.04. The van der Waals surface area contributed by atoms with E-state index in [0.717, 1.165) is 5.56 Å². The van der Waals surface area contributed by atoms with Gasteiger partial charge in [0.2, 0.25) is 20.9 Å². The maximum atomic E-state index is 12.7. The highest BCUT2D eigenvalue weighted by Gasteiger charge is 2.43. The summed E-state index contributed by atoms with van der Waals surface area (Å²) >= 11 is 0. The molecule has 0 radical (unpaired) electrons. The summed E-state index contributed by atoms with van der Waals surface area (Å²) in [6.45, 7) is 2.37. The van der Waals surface area contributed by atoms with Crippen molar-refractivity contribution < 1.29 is 13.2 Å². The molecule has 0 aliphatic carbocycles. The predicted molar refractivity (Wildman–Crippen MR) is 88.0 cm³/mol. The van der Waals surface area contributed by atoms with E-state index in [-0.39, 0.29) is 30.1 Å². The van der Waals surface area contributed by atoms with E-state index in [1.165, 1.54) is 10.9 Å². The maximum Gasteiger partial charge on any atom is 0.249 e. The molecule has 0 bridgehead atoms. The number of amides is 1. The van der Waals surface area contributed by atoms with Gasteiger partial charge in [-0.05, 0) is 12.0 Å². The highest BCUT2D eigenvalue weighted by Crippen LogP contribution is 2.28. The van der Waals surface area contributed by atoms with Crippen LogP contribution in [0, 0.1) is 0 Å². The molecule has 2 aromatic rings. The van der Waals surface area contributed by atoms with E-state index in [9.17, 15) is 13.2 Å². The molecule has 24 heavy (non-hydrogen) atoms. The van der Waals surface area contributed by atoms with Gasteiger partial charge in [0, 0.05) is 20.1 Å². The number of likely N-dealkylation sites (tertiary alicyclic amines) is 1. The maximum absolute atomic E-state index is 12.7. The van der Waals surface area contributed by atoms with E-state index in [0.29, 0.717) is 6.42 Å². The van der Waals surface area contributed by atoms with Crippen molar-refractivity contribution in [2.24, 2.45) is 7.05 Å². The molecule has 1 aliphatic rings. The first-order chi connectivity index (χ1) is 11.4. The summed E-state index contributed by atoms with van der Waals surface area (Å²) in [5, 5.41) is 6.64. The van der Waals surface area contributed by atoms with Crippen LogP contribution >= 0.6 is 0 Å². The van der Waals surface area contributed by atoms with Crippen LogP contribution in [0.4, 0.5) is 0 Å². The molecule has 1 saturated heterocycles. The molecular formula is C16H20N4O3S. The van der Waals surface area contributed by atoms with Gasteiger partial charge in [-0.15, -0.1) is 10.2 Å². The Hall–Kier alpha value is -2.22. The Morgan fingerprint density at radius 3 is 2.50 bits per heavy atom. The number of aryl methyl sites for hydroxylation is 1. The smallest absolute Gasteiger partial charge is 0.249 e. The largest absolute Gasteiger partial charge is 0.339 e. The molecule has 7 nitrogen and oxygen atoms in total. The van der Waals surface area contributed by atoms with E-state index in [1.807, 2.05) is 37.3 Å². The lowest BCUT2D eigenvalue weighted by Gasteiger charge is -2.40. The van der Waals surface area contributed by atoms with E-state index < -0.39 is 15.1 Å². The van der Waals surface area contributed by atoms with Crippen LogP contribution in [0.15, 0.2) is 41.8 Å². The molecule has 2 heterocycles. The summed E-state index contributed by atoms with van der Waals surface area (Å²) < 4.78 is 26.4. The minimum Gasteiger partial charge on any atom is -0.339 e. The van der Waals surface area contributed by atoms with Crippen molar-refractivity contribution in [2.45, 2.75) is 29.7 Å². The van der Waals surface area contributed by atoms with Crippen molar-refractivity contribution in [1.82, 2.24) is 19.7 Å². The number of sulfone groups is 1. The molecule has 1 amide bonds. The molecule has 1 aromatic heterocycles. The Labute approximate surface area is 141 Å². The van der Waals surface area contributed by atoms with Gasteiger partial charge in [-0.2, -0.15) is 0 Å². The van der Waals surface area contributed by atoms with Crippen molar-refractivity contribution >= 4 is 15.7 Å². The average Bonchev–Trinajstić information content (AvgIpc) is 2.94. The van der Waals surface area contributed by atoms with Gasteiger partial charge in [0.1, 0.15) is 11.6 Å². The van der Waals surface area contributed by atoms with Gasteiger partial charge < -0.3 is 9.47 Å². The first-order valence-corrected chi connectivity index (χ1v) is 9.41. The fourth-order valence-corrected chi connectivity index (χ4v) is 4.61. The Bertz CT molecular complexity index is 826. The number of benzene rings is 1. The zero-order valence-corrected chi connectivity index (χ0v) is 14.5. The molecule has 0 saturated carbocycles. The van der Waals surface area contributed by atoms with Crippen molar-refractivity contribution in [3.8, 4) is 0 Å². The second-order valence-electron chi connectivity index (χ2n) is 6.01. The molecule has 1 aromatic carbocycles.